The van der Waals surface area contributed by atoms with E-state index in [1.807, 2.05) is 0 Å². The van der Waals surface area contributed by atoms with Gasteiger partial charge in [-0.2, -0.15) is 0 Å². The molecule has 6 heavy (non-hydrogen) atoms. The van der Waals surface area contributed by atoms with Crippen molar-refractivity contribution in [1.29, 1.82) is 0 Å². The fraction of sp³-hybridized carbons (Fsp3) is 0. The molecule has 0 saturated carbocycles. The maximum atomic E-state index is 0. The molecule has 0 heterocycles. The predicted molar refractivity (Wildman–Crippen MR) is 9.16 cm³/mol. The average Bonchev–Trinajstić information content (AvgIpc) is 0. The topological polar surface area (TPSA) is 93.5 Å². The third-order valence-corrected chi connectivity index (χ3v) is 0. The Kier molecular flexibility index (Phi) is 362. The molecule has 0 aromatic rings. The molecule has 0 amide bonds. The summed E-state index contributed by atoms with van der Waals surface area (Å²) in [6, 6.07) is 0. The SMILES string of the molecule is [K+].[NH2-].[Na+].[Na+].[OH-].[OH-]. The Morgan fingerprint density at radius 2 is 0.667 bits per heavy atom. The second kappa shape index (κ2) is 38.9. The zero-order chi connectivity index (χ0) is 0. The Labute approximate surface area is 124 Å². The van der Waals surface area contributed by atoms with E-state index in [2.05, 4.69) is 0 Å². The molecule has 0 bridgehead atoms. The van der Waals surface area contributed by atoms with Gasteiger partial charge >= 0.3 is 110 Å². The summed E-state index contributed by atoms with van der Waals surface area (Å²) in [7, 11) is 0. The van der Waals surface area contributed by atoms with Crippen LogP contribution in [0.3, 0.4) is 0 Å². The first-order valence-corrected chi connectivity index (χ1v) is 0. The summed E-state index contributed by atoms with van der Waals surface area (Å²) in [4.78, 5) is 0. The summed E-state index contributed by atoms with van der Waals surface area (Å²) >= 11 is 0. The van der Waals surface area contributed by atoms with Crippen molar-refractivity contribution >= 4 is 0 Å². The maximum Gasteiger partial charge on any atom is 1.00 e. The fourth-order valence-corrected chi connectivity index (χ4v) is 0. The van der Waals surface area contributed by atoms with Crippen molar-refractivity contribution in [3.8, 4) is 0 Å². The van der Waals surface area contributed by atoms with Gasteiger partial charge in [-0.05, 0) is 0 Å². The van der Waals surface area contributed by atoms with Gasteiger partial charge in [-0.3, -0.25) is 0 Å². The molecule has 0 aliphatic carbocycles. The van der Waals surface area contributed by atoms with E-state index in [0.717, 1.165) is 0 Å². The van der Waals surface area contributed by atoms with Crippen LogP contribution in [0.5, 0.6) is 0 Å². The van der Waals surface area contributed by atoms with E-state index < -0.39 is 0 Å². The Balaban J connectivity index is 0. The summed E-state index contributed by atoms with van der Waals surface area (Å²) < 4.78 is 0. The van der Waals surface area contributed by atoms with Crippen LogP contribution in [0.15, 0.2) is 0 Å². The van der Waals surface area contributed by atoms with Crippen LogP contribution >= 0.6 is 0 Å². The summed E-state index contributed by atoms with van der Waals surface area (Å²) in [6.07, 6.45) is 0. The number of nitrogens with two attached hydrogens (primary N) is 1. The van der Waals surface area contributed by atoms with Gasteiger partial charge in [-0.15, -0.1) is 0 Å². The van der Waals surface area contributed by atoms with Crippen LogP contribution in [0.2, 0.25) is 0 Å². The van der Waals surface area contributed by atoms with Crippen LogP contribution in [0, 0.1) is 0 Å². The molecule has 0 aliphatic rings. The second-order valence-electron chi connectivity index (χ2n) is 0. The number of rotatable bonds is 0. The van der Waals surface area contributed by atoms with Gasteiger partial charge in [0, 0.05) is 0 Å². The normalized spacial score (nSPS) is 0. The molecule has 0 aromatic carbocycles. The molecule has 0 saturated heterocycles. The molecule has 4 N–H and O–H groups in total. The van der Waals surface area contributed by atoms with Gasteiger partial charge in [0.2, 0.25) is 0 Å². The van der Waals surface area contributed by atoms with Crippen LogP contribution in [0.25, 0.3) is 6.15 Å². The molecule has 0 radical (unpaired) electrons. The van der Waals surface area contributed by atoms with Gasteiger partial charge in [-0.25, -0.2) is 0 Å². The van der Waals surface area contributed by atoms with Crippen molar-refractivity contribution in [3.05, 3.63) is 6.15 Å². The minimum Gasteiger partial charge on any atom is -0.870 e. The summed E-state index contributed by atoms with van der Waals surface area (Å²) in [5.41, 5.74) is 0. The summed E-state index contributed by atoms with van der Waals surface area (Å²) in [5, 5.41) is 0. The van der Waals surface area contributed by atoms with Crippen LogP contribution < -0.4 is 110 Å². The third kappa shape index (κ3) is 25.8. The van der Waals surface area contributed by atoms with Crippen LogP contribution in [0.1, 0.15) is 0 Å². The van der Waals surface area contributed by atoms with Crippen molar-refractivity contribution in [2.24, 2.45) is 0 Å². The number of hydrogen-bond donors (Lipinski definition) is 0. The Bertz CT molecular complexity index is 11.5. The van der Waals surface area contributed by atoms with Crippen molar-refractivity contribution in [2.45, 2.75) is 0 Å². The smallest absolute Gasteiger partial charge is 0.870 e. The van der Waals surface area contributed by atoms with Crippen LogP contribution in [0.4, 0.5) is 0 Å². The van der Waals surface area contributed by atoms with E-state index in [0.29, 0.717) is 0 Å². The monoisotopic (exact) mass is 135 g/mol. The molecule has 0 aromatic heterocycles. The Morgan fingerprint density at radius 3 is 0.667 bits per heavy atom. The third-order valence-electron chi connectivity index (χ3n) is 0. The molecule has 24 valence electrons. The van der Waals surface area contributed by atoms with Gasteiger partial charge in [0.05, 0.1) is 0 Å². The summed E-state index contributed by atoms with van der Waals surface area (Å²) in [5.74, 6) is 0. The van der Waals surface area contributed by atoms with E-state index in [1.54, 1.807) is 0 Å². The zero-order valence-corrected chi connectivity index (χ0v) is 11.6. The molecule has 0 aliphatic heterocycles. The Hall–Kier alpha value is 3.52. The molecule has 3 nitrogen and oxygen atoms in total. The molecular formula is H4KNNa2O2. The quantitative estimate of drug-likeness (QED) is 0.308. The molecule has 0 atom stereocenters. The van der Waals surface area contributed by atoms with Crippen LogP contribution in [-0.4, -0.2) is 11.0 Å². The fourth-order valence-electron chi connectivity index (χ4n) is 0. The predicted octanol–water partition coefficient (Wildman–Crippen LogP) is -8.62. The van der Waals surface area contributed by atoms with Crippen molar-refractivity contribution in [2.75, 3.05) is 0 Å². The molecular weight excluding hydrogens is 131 g/mol. The van der Waals surface area contributed by atoms with E-state index >= 15 is 0 Å². The Morgan fingerprint density at radius 1 is 0.667 bits per heavy atom. The van der Waals surface area contributed by atoms with E-state index in [-0.39, 0.29) is 128 Å². The standard InChI is InChI=1S/K.H2N.2Na.2H2O/h;1H2;;;2*1H2/q+1;-1;2*+1;;/p-2. The van der Waals surface area contributed by atoms with Crippen molar-refractivity contribution in [3.63, 3.8) is 0 Å². The summed E-state index contributed by atoms with van der Waals surface area (Å²) in [6.45, 7) is 0. The molecule has 0 fully saturated rings. The van der Waals surface area contributed by atoms with Gasteiger partial charge in [0.1, 0.15) is 0 Å². The molecule has 6 heteroatoms. The molecule has 0 rings (SSSR count). The largest absolute Gasteiger partial charge is 1.00 e. The van der Waals surface area contributed by atoms with Crippen molar-refractivity contribution < 1.29 is 121 Å². The first kappa shape index (κ1) is 55.8. The van der Waals surface area contributed by atoms with Crippen molar-refractivity contribution in [1.82, 2.24) is 0 Å². The zero-order valence-electron chi connectivity index (χ0n) is 4.47. The van der Waals surface area contributed by atoms with Gasteiger partial charge in [-0.1, -0.05) is 0 Å². The maximum absolute atomic E-state index is 0. The molecule has 0 spiro atoms. The minimum atomic E-state index is 0. The molecule has 0 unspecified atom stereocenters. The van der Waals surface area contributed by atoms with Gasteiger partial charge in [0.15, 0.2) is 0 Å². The average molecular weight is 135 g/mol. The number of hydrogen-bond acceptors (Lipinski definition) is 2. The van der Waals surface area contributed by atoms with Gasteiger partial charge < -0.3 is 17.1 Å². The minimum absolute atomic E-state index is 0. The second-order valence-corrected chi connectivity index (χ2v) is 0. The van der Waals surface area contributed by atoms with E-state index in [9.17, 15) is 0 Å². The first-order chi connectivity index (χ1) is 0. The van der Waals surface area contributed by atoms with E-state index in [4.69, 9.17) is 0 Å². The van der Waals surface area contributed by atoms with Gasteiger partial charge in [0.25, 0.3) is 0 Å². The first-order valence-electron chi connectivity index (χ1n) is 0. The van der Waals surface area contributed by atoms with E-state index in [1.165, 1.54) is 0 Å². The van der Waals surface area contributed by atoms with Crippen LogP contribution in [-0.2, 0) is 0 Å².